The zero-order chi connectivity index (χ0) is 27.9. The van der Waals surface area contributed by atoms with Crippen molar-refractivity contribution >= 4 is 34.7 Å². The highest BCUT2D eigenvalue weighted by molar-refractivity contribution is 6.51. The van der Waals surface area contributed by atoms with E-state index in [1.807, 2.05) is 0 Å². The zero-order valence-electron chi connectivity index (χ0n) is 22.3. The summed E-state index contributed by atoms with van der Waals surface area (Å²) in [5, 5.41) is 14.1. The predicted molar refractivity (Wildman–Crippen MR) is 150 cm³/mol. The minimum atomic E-state index is -0.933. The molecular weight excluding hydrogens is 496 g/mol. The van der Waals surface area contributed by atoms with E-state index in [1.54, 1.807) is 72.8 Å². The van der Waals surface area contributed by atoms with E-state index in [0.717, 1.165) is 19.3 Å². The number of Topliss-reactive ketones (excluding diaryl/α,β-unsaturated/α-hetero) is 1. The first kappa shape index (κ1) is 27.4. The van der Waals surface area contributed by atoms with Gasteiger partial charge in [-0.3, -0.25) is 19.3 Å². The van der Waals surface area contributed by atoms with Crippen LogP contribution >= 0.6 is 0 Å². The van der Waals surface area contributed by atoms with Crippen LogP contribution in [0.4, 0.5) is 11.4 Å². The van der Waals surface area contributed by atoms with Crippen LogP contribution in [0.25, 0.3) is 5.76 Å². The van der Waals surface area contributed by atoms with Gasteiger partial charge in [0.05, 0.1) is 25.3 Å². The Kier molecular flexibility index (Phi) is 8.66. The average Bonchev–Trinajstić information content (AvgIpc) is 3.21. The number of rotatable bonds is 10. The molecule has 39 heavy (non-hydrogen) atoms. The van der Waals surface area contributed by atoms with Gasteiger partial charge in [-0.05, 0) is 66.6 Å². The summed E-state index contributed by atoms with van der Waals surface area (Å²) in [6, 6.07) is 19.5. The molecule has 1 heterocycles. The number of ketones is 1. The van der Waals surface area contributed by atoms with Gasteiger partial charge in [-0.15, -0.1) is 0 Å². The number of nitrogens with zero attached hydrogens (tertiary/aromatic N) is 1. The number of carbonyl (C=O) groups excluding carboxylic acids is 3. The molecular formula is C31H32N2O6. The molecule has 1 atom stereocenters. The molecule has 1 aliphatic rings. The fraction of sp³-hybridized carbons (Fsp3) is 0.258. The van der Waals surface area contributed by atoms with Crippen LogP contribution in [-0.2, 0) is 14.4 Å². The summed E-state index contributed by atoms with van der Waals surface area (Å²) in [5.74, 6) is -0.974. The molecule has 0 spiro atoms. The Bertz CT molecular complexity index is 1400. The Hall–Kier alpha value is -4.59. The number of benzene rings is 3. The highest BCUT2D eigenvalue weighted by atomic mass is 16.5. The number of unbranched alkanes of at least 4 members (excludes halogenated alkanes) is 2. The van der Waals surface area contributed by atoms with Crippen LogP contribution in [0.15, 0.2) is 78.4 Å². The second-order valence-electron chi connectivity index (χ2n) is 9.26. The van der Waals surface area contributed by atoms with Gasteiger partial charge in [-0.25, -0.2) is 0 Å². The normalized spacial score (nSPS) is 16.3. The van der Waals surface area contributed by atoms with Gasteiger partial charge in [0.2, 0.25) is 5.91 Å². The maximum atomic E-state index is 13.4. The van der Waals surface area contributed by atoms with E-state index in [9.17, 15) is 19.5 Å². The van der Waals surface area contributed by atoms with Crippen molar-refractivity contribution in [3.8, 4) is 11.5 Å². The third-order valence-electron chi connectivity index (χ3n) is 6.44. The van der Waals surface area contributed by atoms with Gasteiger partial charge in [-0.1, -0.05) is 38.0 Å². The number of nitrogens with one attached hydrogen (secondary N) is 1. The lowest BCUT2D eigenvalue weighted by Crippen LogP contribution is -2.29. The summed E-state index contributed by atoms with van der Waals surface area (Å²) in [6.07, 6.45) is 3.13. The smallest absolute Gasteiger partial charge is 0.300 e. The van der Waals surface area contributed by atoms with Crippen molar-refractivity contribution in [3.63, 3.8) is 0 Å². The van der Waals surface area contributed by atoms with Crippen LogP contribution in [0.1, 0.15) is 50.3 Å². The van der Waals surface area contributed by atoms with Crippen molar-refractivity contribution in [2.75, 3.05) is 23.9 Å². The molecule has 202 valence electrons. The summed E-state index contributed by atoms with van der Waals surface area (Å²) in [5.41, 5.74) is 1.78. The van der Waals surface area contributed by atoms with Crippen LogP contribution in [0.2, 0.25) is 0 Å². The van der Waals surface area contributed by atoms with E-state index >= 15 is 0 Å². The van der Waals surface area contributed by atoms with Gasteiger partial charge in [0.25, 0.3) is 11.7 Å². The van der Waals surface area contributed by atoms with E-state index in [-0.39, 0.29) is 17.2 Å². The summed E-state index contributed by atoms with van der Waals surface area (Å²) in [7, 11) is 1.53. The third kappa shape index (κ3) is 6.12. The zero-order valence-corrected chi connectivity index (χ0v) is 22.3. The van der Waals surface area contributed by atoms with E-state index < -0.39 is 17.7 Å². The summed E-state index contributed by atoms with van der Waals surface area (Å²) in [4.78, 5) is 39.8. The first-order valence-electron chi connectivity index (χ1n) is 12.9. The second-order valence-corrected chi connectivity index (χ2v) is 9.26. The molecule has 3 aromatic carbocycles. The topological polar surface area (TPSA) is 105 Å². The molecule has 1 saturated heterocycles. The lowest BCUT2D eigenvalue weighted by Gasteiger charge is -2.26. The van der Waals surface area contributed by atoms with Gasteiger partial charge in [-0.2, -0.15) is 0 Å². The van der Waals surface area contributed by atoms with Crippen LogP contribution in [0.5, 0.6) is 11.5 Å². The van der Waals surface area contributed by atoms with E-state index in [4.69, 9.17) is 9.47 Å². The number of aliphatic hydroxyl groups excluding tert-OH is 1. The van der Waals surface area contributed by atoms with E-state index in [0.29, 0.717) is 40.6 Å². The molecule has 1 aliphatic heterocycles. The summed E-state index contributed by atoms with van der Waals surface area (Å²) >= 11 is 0. The van der Waals surface area contributed by atoms with Crippen molar-refractivity contribution < 1.29 is 29.0 Å². The Morgan fingerprint density at radius 3 is 2.41 bits per heavy atom. The van der Waals surface area contributed by atoms with E-state index in [1.165, 1.54) is 18.9 Å². The van der Waals surface area contributed by atoms with Crippen molar-refractivity contribution in [1.29, 1.82) is 0 Å². The number of methoxy groups -OCH3 is 1. The van der Waals surface area contributed by atoms with Gasteiger partial charge < -0.3 is 19.9 Å². The van der Waals surface area contributed by atoms with Crippen LogP contribution < -0.4 is 19.7 Å². The molecule has 2 N–H and O–H groups in total. The van der Waals surface area contributed by atoms with Gasteiger partial charge in [0.15, 0.2) is 0 Å². The van der Waals surface area contributed by atoms with Crippen molar-refractivity contribution in [1.82, 2.24) is 0 Å². The molecule has 1 unspecified atom stereocenters. The largest absolute Gasteiger partial charge is 0.507 e. The molecule has 0 radical (unpaired) electrons. The Morgan fingerprint density at radius 1 is 0.974 bits per heavy atom. The second kappa shape index (κ2) is 12.3. The third-order valence-corrected chi connectivity index (χ3v) is 6.44. The molecule has 0 aliphatic carbocycles. The molecule has 8 nitrogen and oxygen atoms in total. The van der Waals surface area contributed by atoms with Crippen LogP contribution in [-0.4, -0.2) is 36.4 Å². The van der Waals surface area contributed by atoms with Crippen molar-refractivity contribution in [3.05, 3.63) is 89.5 Å². The predicted octanol–water partition coefficient (Wildman–Crippen LogP) is 5.85. The monoisotopic (exact) mass is 528 g/mol. The minimum Gasteiger partial charge on any atom is -0.507 e. The number of hydrogen-bond donors (Lipinski definition) is 2. The summed E-state index contributed by atoms with van der Waals surface area (Å²) in [6.45, 7) is 4.11. The lowest BCUT2D eigenvalue weighted by molar-refractivity contribution is -0.132. The highest BCUT2D eigenvalue weighted by Gasteiger charge is 2.47. The van der Waals surface area contributed by atoms with Gasteiger partial charge >= 0.3 is 0 Å². The molecule has 4 rings (SSSR count). The first-order chi connectivity index (χ1) is 18.8. The average molecular weight is 529 g/mol. The fourth-order valence-electron chi connectivity index (χ4n) is 4.57. The maximum absolute atomic E-state index is 13.4. The summed E-state index contributed by atoms with van der Waals surface area (Å²) < 4.78 is 11.1. The number of aliphatic hydroxyl groups is 1. The first-order valence-corrected chi connectivity index (χ1v) is 12.9. The molecule has 0 bridgehead atoms. The van der Waals surface area contributed by atoms with E-state index in [2.05, 4.69) is 12.2 Å². The molecule has 8 heteroatoms. The molecule has 2 amide bonds. The molecule has 1 fully saturated rings. The number of carbonyl (C=O) groups is 3. The Labute approximate surface area is 227 Å². The Morgan fingerprint density at radius 2 is 1.72 bits per heavy atom. The van der Waals surface area contributed by atoms with Crippen molar-refractivity contribution in [2.24, 2.45) is 0 Å². The van der Waals surface area contributed by atoms with Gasteiger partial charge in [0.1, 0.15) is 17.3 Å². The lowest BCUT2D eigenvalue weighted by atomic mass is 9.95. The minimum absolute atomic E-state index is 0.0465. The maximum Gasteiger partial charge on any atom is 0.300 e. The quantitative estimate of drug-likeness (QED) is 0.148. The number of anilines is 2. The highest BCUT2D eigenvalue weighted by Crippen LogP contribution is 2.43. The molecule has 0 aromatic heterocycles. The molecule has 3 aromatic rings. The number of amides is 2. The van der Waals surface area contributed by atoms with Crippen LogP contribution in [0, 0.1) is 0 Å². The molecule has 0 saturated carbocycles. The standard InChI is InChI=1S/C31H32N2O6/c1-4-5-6-17-39-25-15-13-21(14-16-25)29(35)27-28(22-9-7-12-26(18-22)38-3)33(31(37)30(27)36)24-11-8-10-23(19-24)32-20(2)34/h7-16,18-19,28,35H,4-6,17H2,1-3H3,(H,32,34)/b29-27+. The number of ether oxygens (including phenoxy) is 2. The van der Waals surface area contributed by atoms with Crippen molar-refractivity contribution in [2.45, 2.75) is 39.2 Å². The number of hydrogen-bond acceptors (Lipinski definition) is 6. The Balaban J connectivity index is 1.78. The van der Waals surface area contributed by atoms with Crippen LogP contribution in [0.3, 0.4) is 0 Å². The fourth-order valence-corrected chi connectivity index (χ4v) is 4.57. The van der Waals surface area contributed by atoms with Gasteiger partial charge in [0, 0.05) is 23.9 Å². The SMILES string of the molecule is CCCCCOc1ccc(/C(O)=C2\C(=O)C(=O)N(c3cccc(NC(C)=O)c3)C2c2cccc(OC)c2)cc1.